The standard InChI is InChI=1S/C8H5ClF2N2/c9-4-1-5(10)8(6(11)2-4)7(13)3-12/h1-2,7H,13H2/t7-/m1/s1. The van der Waals surface area contributed by atoms with Gasteiger partial charge >= 0.3 is 0 Å². The average molecular weight is 203 g/mol. The van der Waals surface area contributed by atoms with E-state index in [-0.39, 0.29) is 5.02 Å². The quantitative estimate of drug-likeness (QED) is 0.759. The fourth-order valence-electron chi connectivity index (χ4n) is 0.915. The van der Waals surface area contributed by atoms with Crippen molar-refractivity contribution < 1.29 is 8.78 Å². The fourth-order valence-corrected chi connectivity index (χ4v) is 1.11. The Kier molecular flexibility index (Phi) is 2.81. The third kappa shape index (κ3) is 1.94. The van der Waals surface area contributed by atoms with E-state index in [4.69, 9.17) is 22.6 Å². The van der Waals surface area contributed by atoms with E-state index in [0.29, 0.717) is 0 Å². The van der Waals surface area contributed by atoms with E-state index in [9.17, 15) is 8.78 Å². The smallest absolute Gasteiger partial charge is 0.133 e. The molecule has 0 saturated carbocycles. The topological polar surface area (TPSA) is 49.8 Å². The van der Waals surface area contributed by atoms with Gasteiger partial charge < -0.3 is 5.73 Å². The molecule has 2 nitrogen and oxygen atoms in total. The van der Waals surface area contributed by atoms with Gasteiger partial charge in [-0.15, -0.1) is 0 Å². The molecule has 1 aromatic carbocycles. The van der Waals surface area contributed by atoms with Crippen LogP contribution in [0, 0.1) is 23.0 Å². The molecule has 0 aliphatic carbocycles. The molecule has 2 N–H and O–H groups in total. The third-order valence-electron chi connectivity index (χ3n) is 1.49. The highest BCUT2D eigenvalue weighted by Crippen LogP contribution is 2.22. The number of nitrogens with zero attached hydrogens (tertiary/aromatic N) is 1. The van der Waals surface area contributed by atoms with Crippen molar-refractivity contribution in [2.45, 2.75) is 6.04 Å². The first kappa shape index (κ1) is 9.90. The van der Waals surface area contributed by atoms with Crippen molar-refractivity contribution in [1.29, 1.82) is 5.26 Å². The van der Waals surface area contributed by atoms with Crippen LogP contribution in [0.1, 0.15) is 11.6 Å². The van der Waals surface area contributed by atoms with Gasteiger partial charge in [0, 0.05) is 5.02 Å². The summed E-state index contributed by atoms with van der Waals surface area (Å²) < 4.78 is 26.0. The number of hydrogen-bond acceptors (Lipinski definition) is 2. The Bertz CT molecular complexity index is 350. The van der Waals surface area contributed by atoms with Crippen LogP contribution in [0.25, 0.3) is 0 Å². The largest absolute Gasteiger partial charge is 0.312 e. The average Bonchev–Trinajstić information content (AvgIpc) is 2.02. The molecule has 0 aliphatic heterocycles. The molecular weight excluding hydrogens is 198 g/mol. The van der Waals surface area contributed by atoms with Crippen molar-refractivity contribution in [2.24, 2.45) is 5.73 Å². The minimum absolute atomic E-state index is 0.0658. The molecule has 1 rings (SSSR count). The lowest BCUT2D eigenvalue weighted by Gasteiger charge is -2.06. The summed E-state index contributed by atoms with van der Waals surface area (Å²) in [5.41, 5.74) is 4.71. The maximum absolute atomic E-state index is 13.0. The van der Waals surface area contributed by atoms with Crippen LogP contribution in [0.2, 0.25) is 5.02 Å². The SMILES string of the molecule is N#C[C@@H](N)c1c(F)cc(Cl)cc1F. The van der Waals surface area contributed by atoms with E-state index < -0.39 is 23.2 Å². The summed E-state index contributed by atoms with van der Waals surface area (Å²) in [5.74, 6) is -1.81. The van der Waals surface area contributed by atoms with Gasteiger partial charge in [0.1, 0.15) is 17.7 Å². The zero-order chi connectivity index (χ0) is 10.0. The maximum atomic E-state index is 13.0. The summed E-state index contributed by atoms with van der Waals surface area (Å²) in [6.45, 7) is 0. The number of hydrogen-bond donors (Lipinski definition) is 1. The van der Waals surface area contributed by atoms with Crippen LogP contribution in [-0.4, -0.2) is 0 Å². The lowest BCUT2D eigenvalue weighted by atomic mass is 10.1. The lowest BCUT2D eigenvalue weighted by molar-refractivity contribution is 0.548. The molecule has 0 amide bonds. The number of benzene rings is 1. The van der Waals surface area contributed by atoms with Gasteiger partial charge in [-0.3, -0.25) is 0 Å². The van der Waals surface area contributed by atoms with Crippen molar-refractivity contribution in [1.82, 2.24) is 0 Å². The van der Waals surface area contributed by atoms with Crippen molar-refractivity contribution in [3.05, 3.63) is 34.4 Å². The van der Waals surface area contributed by atoms with Gasteiger partial charge in [0.25, 0.3) is 0 Å². The van der Waals surface area contributed by atoms with Gasteiger partial charge in [-0.2, -0.15) is 5.26 Å². The van der Waals surface area contributed by atoms with Crippen molar-refractivity contribution in [3.8, 4) is 6.07 Å². The van der Waals surface area contributed by atoms with Crippen LogP contribution in [0.3, 0.4) is 0 Å². The highest BCUT2D eigenvalue weighted by atomic mass is 35.5. The Morgan fingerprint density at radius 3 is 2.23 bits per heavy atom. The van der Waals surface area contributed by atoms with E-state index in [1.807, 2.05) is 0 Å². The number of nitriles is 1. The van der Waals surface area contributed by atoms with Crippen LogP contribution in [0.15, 0.2) is 12.1 Å². The zero-order valence-corrected chi connectivity index (χ0v) is 7.15. The molecule has 5 heteroatoms. The van der Waals surface area contributed by atoms with Crippen LogP contribution in [-0.2, 0) is 0 Å². The first-order valence-electron chi connectivity index (χ1n) is 3.36. The molecule has 0 aliphatic rings. The minimum Gasteiger partial charge on any atom is -0.312 e. The summed E-state index contributed by atoms with van der Waals surface area (Å²) in [6, 6.07) is 2.06. The Hall–Kier alpha value is -1.18. The second-order valence-corrected chi connectivity index (χ2v) is 2.83. The lowest BCUT2D eigenvalue weighted by Crippen LogP contribution is -2.11. The van der Waals surface area contributed by atoms with Crippen molar-refractivity contribution in [2.75, 3.05) is 0 Å². The first-order chi connectivity index (χ1) is 6.06. The van der Waals surface area contributed by atoms with Crippen LogP contribution >= 0.6 is 11.6 Å². The van der Waals surface area contributed by atoms with Gasteiger partial charge in [0.05, 0.1) is 11.6 Å². The summed E-state index contributed by atoms with van der Waals surface area (Å²) in [6.07, 6.45) is 0. The number of nitrogens with two attached hydrogens (primary N) is 1. The monoisotopic (exact) mass is 202 g/mol. The number of rotatable bonds is 1. The first-order valence-corrected chi connectivity index (χ1v) is 3.73. The van der Waals surface area contributed by atoms with Gasteiger partial charge in [-0.05, 0) is 12.1 Å². The Morgan fingerprint density at radius 1 is 1.38 bits per heavy atom. The highest BCUT2D eigenvalue weighted by Gasteiger charge is 2.16. The molecule has 0 fully saturated rings. The summed E-state index contributed by atoms with van der Waals surface area (Å²) in [5, 5.41) is 8.30. The summed E-state index contributed by atoms with van der Waals surface area (Å²) >= 11 is 5.37. The van der Waals surface area contributed by atoms with E-state index >= 15 is 0 Å². The molecule has 1 aromatic rings. The van der Waals surface area contributed by atoms with Gasteiger partial charge in [0.2, 0.25) is 0 Å². The molecule has 0 unspecified atom stereocenters. The highest BCUT2D eigenvalue weighted by molar-refractivity contribution is 6.30. The molecular formula is C8H5ClF2N2. The third-order valence-corrected chi connectivity index (χ3v) is 1.71. The minimum atomic E-state index is -1.31. The molecule has 0 aromatic heterocycles. The van der Waals surface area contributed by atoms with Gasteiger partial charge in [-0.25, -0.2) is 8.78 Å². The maximum Gasteiger partial charge on any atom is 0.133 e. The molecule has 13 heavy (non-hydrogen) atoms. The Balaban J connectivity index is 3.30. The molecule has 0 saturated heterocycles. The summed E-state index contributed by atoms with van der Waals surface area (Å²) in [4.78, 5) is 0. The molecule has 0 spiro atoms. The zero-order valence-electron chi connectivity index (χ0n) is 6.39. The molecule has 0 radical (unpaired) electrons. The predicted molar refractivity (Wildman–Crippen MR) is 43.9 cm³/mol. The predicted octanol–water partition coefficient (Wildman–Crippen LogP) is 2.14. The normalized spacial score (nSPS) is 12.2. The fraction of sp³-hybridized carbons (Fsp3) is 0.125. The number of halogens is 3. The van der Waals surface area contributed by atoms with Crippen LogP contribution in [0.5, 0.6) is 0 Å². The van der Waals surface area contributed by atoms with Gasteiger partial charge in [-0.1, -0.05) is 11.6 Å². The Morgan fingerprint density at radius 2 is 1.85 bits per heavy atom. The molecule has 0 bridgehead atoms. The Labute approximate surface area is 78.5 Å². The van der Waals surface area contributed by atoms with Crippen LogP contribution in [0.4, 0.5) is 8.78 Å². The molecule has 68 valence electrons. The second-order valence-electron chi connectivity index (χ2n) is 2.39. The van der Waals surface area contributed by atoms with E-state index in [1.54, 1.807) is 0 Å². The van der Waals surface area contributed by atoms with Crippen molar-refractivity contribution >= 4 is 11.6 Å². The van der Waals surface area contributed by atoms with E-state index in [0.717, 1.165) is 12.1 Å². The van der Waals surface area contributed by atoms with Crippen LogP contribution < -0.4 is 5.73 Å². The molecule has 1 atom stereocenters. The van der Waals surface area contributed by atoms with E-state index in [1.165, 1.54) is 6.07 Å². The second kappa shape index (κ2) is 3.69. The van der Waals surface area contributed by atoms with Crippen molar-refractivity contribution in [3.63, 3.8) is 0 Å². The van der Waals surface area contributed by atoms with E-state index in [2.05, 4.69) is 0 Å². The molecule has 0 heterocycles. The summed E-state index contributed by atoms with van der Waals surface area (Å²) in [7, 11) is 0. The van der Waals surface area contributed by atoms with Gasteiger partial charge in [0.15, 0.2) is 0 Å².